The normalized spacial score (nSPS) is 12.0. The molecule has 24 heavy (non-hydrogen) atoms. The number of rotatable bonds is 5. The Labute approximate surface area is 147 Å². The molecule has 2 aromatic heterocycles. The van der Waals surface area contributed by atoms with Gasteiger partial charge in [0.1, 0.15) is 16.8 Å². The van der Waals surface area contributed by atoms with E-state index in [1.165, 1.54) is 11.1 Å². The first kappa shape index (κ1) is 16.4. The third-order valence-corrected chi connectivity index (χ3v) is 3.93. The van der Waals surface area contributed by atoms with Crippen LogP contribution in [0.4, 0.5) is 5.82 Å². The molecule has 0 radical (unpaired) electrons. The van der Waals surface area contributed by atoms with E-state index in [1.54, 1.807) is 12.3 Å². The summed E-state index contributed by atoms with van der Waals surface area (Å²) in [5, 5.41) is 3.87. The smallest absolute Gasteiger partial charge is 0.134 e. The number of benzene rings is 1. The molecule has 0 saturated carbocycles. The van der Waals surface area contributed by atoms with Crippen molar-refractivity contribution >= 4 is 17.4 Å². The lowest BCUT2D eigenvalue weighted by atomic mass is 10.0. The molecular weight excluding hydrogens is 320 g/mol. The highest BCUT2D eigenvalue weighted by atomic mass is 35.5. The van der Waals surface area contributed by atoms with E-state index in [2.05, 4.69) is 51.5 Å². The van der Waals surface area contributed by atoms with E-state index in [0.717, 1.165) is 12.1 Å². The maximum atomic E-state index is 6.05. The first-order valence-electron chi connectivity index (χ1n) is 7.84. The number of anilines is 1. The SMILES string of the molecule is Cc1ccc(CC(Nc2cc(Cl)nc(C)n2)c2ccccn2)cc1. The van der Waals surface area contributed by atoms with Crippen LogP contribution in [0.25, 0.3) is 0 Å². The van der Waals surface area contributed by atoms with Gasteiger partial charge in [-0.1, -0.05) is 47.5 Å². The summed E-state index contributed by atoms with van der Waals surface area (Å²) in [6.45, 7) is 3.91. The molecule has 0 fully saturated rings. The van der Waals surface area contributed by atoms with Crippen LogP contribution in [-0.2, 0) is 6.42 Å². The Morgan fingerprint density at radius 1 is 1.04 bits per heavy atom. The van der Waals surface area contributed by atoms with Gasteiger partial charge in [-0.3, -0.25) is 4.98 Å². The van der Waals surface area contributed by atoms with E-state index in [4.69, 9.17) is 11.6 Å². The molecule has 122 valence electrons. The molecule has 0 aliphatic rings. The number of nitrogens with zero attached hydrogens (tertiary/aromatic N) is 3. The minimum Gasteiger partial charge on any atom is -0.361 e. The summed E-state index contributed by atoms with van der Waals surface area (Å²) in [6, 6.07) is 16.2. The third kappa shape index (κ3) is 4.30. The molecule has 0 bridgehead atoms. The Hall–Kier alpha value is -2.46. The summed E-state index contributed by atoms with van der Waals surface area (Å²) >= 11 is 6.05. The van der Waals surface area contributed by atoms with Crippen molar-refractivity contribution in [2.45, 2.75) is 26.3 Å². The number of nitrogens with one attached hydrogen (secondary N) is 1. The molecule has 0 aliphatic carbocycles. The van der Waals surface area contributed by atoms with Gasteiger partial charge in [0.05, 0.1) is 11.7 Å². The van der Waals surface area contributed by atoms with Crippen molar-refractivity contribution in [3.63, 3.8) is 0 Å². The van der Waals surface area contributed by atoms with E-state index in [1.807, 2.05) is 25.1 Å². The number of pyridine rings is 1. The molecule has 2 heterocycles. The van der Waals surface area contributed by atoms with E-state index in [0.29, 0.717) is 16.8 Å². The average Bonchev–Trinajstić information content (AvgIpc) is 2.56. The van der Waals surface area contributed by atoms with Gasteiger partial charge in [0.2, 0.25) is 0 Å². The van der Waals surface area contributed by atoms with Crippen molar-refractivity contribution in [3.05, 3.63) is 82.5 Å². The Morgan fingerprint density at radius 3 is 2.50 bits per heavy atom. The Morgan fingerprint density at radius 2 is 1.83 bits per heavy atom. The zero-order valence-corrected chi connectivity index (χ0v) is 14.5. The summed E-state index contributed by atoms with van der Waals surface area (Å²) in [4.78, 5) is 13.0. The molecule has 1 aromatic carbocycles. The summed E-state index contributed by atoms with van der Waals surface area (Å²) < 4.78 is 0. The fourth-order valence-electron chi connectivity index (χ4n) is 2.56. The molecule has 1 unspecified atom stereocenters. The van der Waals surface area contributed by atoms with E-state index < -0.39 is 0 Å². The minimum absolute atomic E-state index is 0.000673. The molecular formula is C19H19ClN4. The molecule has 3 rings (SSSR count). The zero-order valence-electron chi connectivity index (χ0n) is 13.7. The van der Waals surface area contributed by atoms with Gasteiger partial charge in [-0.25, -0.2) is 9.97 Å². The van der Waals surface area contributed by atoms with Crippen LogP contribution in [0.5, 0.6) is 0 Å². The van der Waals surface area contributed by atoms with Crippen molar-refractivity contribution in [1.29, 1.82) is 0 Å². The van der Waals surface area contributed by atoms with Crippen LogP contribution in [0.15, 0.2) is 54.7 Å². The van der Waals surface area contributed by atoms with Crippen LogP contribution in [-0.4, -0.2) is 15.0 Å². The van der Waals surface area contributed by atoms with E-state index in [-0.39, 0.29) is 6.04 Å². The van der Waals surface area contributed by atoms with Crippen LogP contribution in [0.1, 0.15) is 28.7 Å². The summed E-state index contributed by atoms with van der Waals surface area (Å²) in [6.07, 6.45) is 2.61. The second-order valence-electron chi connectivity index (χ2n) is 5.76. The highest BCUT2D eigenvalue weighted by Gasteiger charge is 2.15. The number of hydrogen-bond acceptors (Lipinski definition) is 4. The standard InChI is InChI=1S/C19H19ClN4/c1-13-6-8-15(9-7-13)11-17(16-5-3-4-10-21-16)24-19-12-18(20)22-14(2)23-19/h3-10,12,17H,11H2,1-2H3,(H,22,23,24). The van der Waals surface area contributed by atoms with Crippen molar-refractivity contribution in [2.24, 2.45) is 0 Å². The van der Waals surface area contributed by atoms with Crippen LogP contribution >= 0.6 is 11.6 Å². The summed E-state index contributed by atoms with van der Waals surface area (Å²) in [7, 11) is 0. The monoisotopic (exact) mass is 338 g/mol. The van der Waals surface area contributed by atoms with Gasteiger partial charge in [0.15, 0.2) is 0 Å². The fraction of sp³-hybridized carbons (Fsp3) is 0.211. The second-order valence-corrected chi connectivity index (χ2v) is 6.15. The zero-order chi connectivity index (χ0) is 16.9. The molecule has 0 amide bonds. The molecule has 0 saturated heterocycles. The second kappa shape index (κ2) is 7.41. The van der Waals surface area contributed by atoms with Crippen LogP contribution < -0.4 is 5.32 Å². The van der Waals surface area contributed by atoms with Gasteiger partial charge in [-0.05, 0) is 38.0 Å². The maximum Gasteiger partial charge on any atom is 0.134 e. The maximum absolute atomic E-state index is 6.05. The molecule has 1 atom stereocenters. The lowest BCUT2D eigenvalue weighted by Crippen LogP contribution is -2.16. The van der Waals surface area contributed by atoms with Crippen LogP contribution in [0, 0.1) is 13.8 Å². The predicted molar refractivity (Wildman–Crippen MR) is 97.3 cm³/mol. The minimum atomic E-state index is -0.000673. The number of aryl methyl sites for hydroxylation is 2. The van der Waals surface area contributed by atoms with Gasteiger partial charge < -0.3 is 5.32 Å². The lowest BCUT2D eigenvalue weighted by molar-refractivity contribution is 0.739. The molecule has 3 aromatic rings. The Kier molecular flexibility index (Phi) is 5.06. The highest BCUT2D eigenvalue weighted by molar-refractivity contribution is 6.29. The first-order valence-corrected chi connectivity index (χ1v) is 8.22. The Balaban J connectivity index is 1.88. The van der Waals surface area contributed by atoms with Gasteiger partial charge in [0, 0.05) is 12.3 Å². The molecule has 0 aliphatic heterocycles. The summed E-state index contributed by atoms with van der Waals surface area (Å²) in [5.41, 5.74) is 3.45. The lowest BCUT2D eigenvalue weighted by Gasteiger charge is -2.19. The number of hydrogen-bond donors (Lipinski definition) is 1. The van der Waals surface area contributed by atoms with Gasteiger partial charge in [-0.2, -0.15) is 0 Å². The molecule has 1 N–H and O–H groups in total. The number of aromatic nitrogens is 3. The van der Waals surface area contributed by atoms with Crippen LogP contribution in [0.2, 0.25) is 5.15 Å². The van der Waals surface area contributed by atoms with E-state index in [9.17, 15) is 0 Å². The predicted octanol–water partition coefficient (Wildman–Crippen LogP) is 4.54. The quantitative estimate of drug-likeness (QED) is 0.694. The van der Waals surface area contributed by atoms with Crippen molar-refractivity contribution in [1.82, 2.24) is 15.0 Å². The fourth-order valence-corrected chi connectivity index (χ4v) is 2.78. The van der Waals surface area contributed by atoms with Gasteiger partial charge in [0.25, 0.3) is 0 Å². The van der Waals surface area contributed by atoms with Crippen molar-refractivity contribution in [2.75, 3.05) is 5.32 Å². The van der Waals surface area contributed by atoms with Crippen molar-refractivity contribution < 1.29 is 0 Å². The molecule has 4 nitrogen and oxygen atoms in total. The molecule has 5 heteroatoms. The number of halogens is 1. The largest absolute Gasteiger partial charge is 0.361 e. The molecule has 0 spiro atoms. The first-order chi connectivity index (χ1) is 11.6. The van der Waals surface area contributed by atoms with Crippen molar-refractivity contribution in [3.8, 4) is 0 Å². The van der Waals surface area contributed by atoms with Gasteiger partial charge in [-0.15, -0.1) is 0 Å². The van der Waals surface area contributed by atoms with Gasteiger partial charge >= 0.3 is 0 Å². The summed E-state index contributed by atoms with van der Waals surface area (Å²) in [5.74, 6) is 1.34. The topological polar surface area (TPSA) is 50.7 Å². The Bertz CT molecular complexity index is 783. The highest BCUT2D eigenvalue weighted by Crippen LogP contribution is 2.23. The third-order valence-electron chi connectivity index (χ3n) is 3.73. The van der Waals surface area contributed by atoms with Crippen LogP contribution in [0.3, 0.4) is 0 Å². The average molecular weight is 339 g/mol. The van der Waals surface area contributed by atoms with E-state index >= 15 is 0 Å².